The van der Waals surface area contributed by atoms with Crippen LogP contribution in [-0.4, -0.2) is 19.3 Å². The molecule has 3 aromatic heterocycles. The Bertz CT molecular complexity index is 2260. The number of hydrogen-bond donors (Lipinski definition) is 0. The zero-order chi connectivity index (χ0) is 34.4. The molecule has 0 saturated carbocycles. The van der Waals surface area contributed by atoms with Crippen molar-refractivity contribution in [3.8, 4) is 34.1 Å². The molecular weight excluding hydrogens is 601 g/mol. The van der Waals surface area contributed by atoms with Crippen LogP contribution in [0.5, 0.6) is 11.5 Å². The molecule has 7 rings (SSSR count). The molecule has 5 heteroatoms. The summed E-state index contributed by atoms with van der Waals surface area (Å²) in [7, 11) is 0. The van der Waals surface area contributed by atoms with Crippen LogP contribution < -0.4 is 4.74 Å². The van der Waals surface area contributed by atoms with Crippen LogP contribution in [0.3, 0.4) is 0 Å². The summed E-state index contributed by atoms with van der Waals surface area (Å²) in [6.07, 6.45) is 6.08. The van der Waals surface area contributed by atoms with Gasteiger partial charge in [-0.15, -0.1) is 0 Å². The number of rotatable bonds is 9. The average molecular weight is 647 g/mol. The number of hydrogen-bond acceptors (Lipinski definition) is 3. The summed E-state index contributed by atoms with van der Waals surface area (Å²) >= 11 is 0. The lowest BCUT2D eigenvalue weighted by Gasteiger charge is -2.18. The minimum Gasteiger partial charge on any atom is -0.457 e. The van der Waals surface area contributed by atoms with Gasteiger partial charge >= 0.3 is 0 Å². The molecule has 0 N–H and O–H groups in total. The van der Waals surface area contributed by atoms with E-state index in [-0.39, 0.29) is 0 Å². The Hall–Kier alpha value is -5.16. The molecule has 0 saturated heterocycles. The summed E-state index contributed by atoms with van der Waals surface area (Å²) < 4.78 is 11.0. The molecular formula is C44H46N4O. The summed E-state index contributed by atoms with van der Waals surface area (Å²) in [6.45, 7) is 17.9. The van der Waals surface area contributed by atoms with Crippen molar-refractivity contribution in [2.75, 3.05) is 0 Å². The molecule has 4 aromatic carbocycles. The number of fused-ring (bicyclic) bond motifs is 3. The fourth-order valence-corrected chi connectivity index (χ4v) is 6.92. The second-order valence-corrected chi connectivity index (χ2v) is 14.4. The van der Waals surface area contributed by atoms with Crippen LogP contribution in [0.4, 0.5) is 0 Å². The van der Waals surface area contributed by atoms with Crippen LogP contribution >= 0.6 is 0 Å². The van der Waals surface area contributed by atoms with Gasteiger partial charge in [0, 0.05) is 40.9 Å². The molecule has 0 spiro atoms. The number of nitrogens with zero attached hydrogens (tertiary/aromatic N) is 4. The Morgan fingerprint density at radius 2 is 1.31 bits per heavy atom. The van der Waals surface area contributed by atoms with E-state index in [2.05, 4.69) is 157 Å². The minimum absolute atomic E-state index is 0.316. The van der Waals surface area contributed by atoms with E-state index in [1.165, 1.54) is 38.6 Å². The first kappa shape index (κ1) is 32.4. The van der Waals surface area contributed by atoms with E-state index in [1.807, 2.05) is 17.1 Å². The average Bonchev–Trinajstić information content (AvgIpc) is 3.71. The molecule has 0 aliphatic heterocycles. The van der Waals surface area contributed by atoms with Crippen LogP contribution in [0.2, 0.25) is 0 Å². The summed E-state index contributed by atoms with van der Waals surface area (Å²) in [5.41, 5.74) is 10.8. The maximum atomic E-state index is 6.71. The van der Waals surface area contributed by atoms with E-state index in [9.17, 15) is 0 Å². The van der Waals surface area contributed by atoms with Crippen molar-refractivity contribution in [1.29, 1.82) is 0 Å². The van der Waals surface area contributed by atoms with Gasteiger partial charge in [0.2, 0.25) is 0 Å². The Kier molecular flexibility index (Phi) is 8.62. The number of para-hydroxylation sites is 1. The highest BCUT2D eigenvalue weighted by Crippen LogP contribution is 2.38. The lowest BCUT2D eigenvalue weighted by atomic mass is 9.86. The van der Waals surface area contributed by atoms with Gasteiger partial charge in [-0.05, 0) is 94.0 Å². The molecule has 248 valence electrons. The Morgan fingerprint density at radius 1 is 0.592 bits per heavy atom. The second kappa shape index (κ2) is 13.0. The molecule has 0 radical (unpaired) electrons. The van der Waals surface area contributed by atoms with Crippen molar-refractivity contribution in [2.24, 2.45) is 0 Å². The van der Waals surface area contributed by atoms with Crippen molar-refractivity contribution in [3.63, 3.8) is 0 Å². The van der Waals surface area contributed by atoms with E-state index in [1.54, 1.807) is 0 Å². The predicted molar refractivity (Wildman–Crippen MR) is 204 cm³/mol. The van der Waals surface area contributed by atoms with Gasteiger partial charge in [-0.1, -0.05) is 91.8 Å². The third-order valence-electron chi connectivity index (χ3n) is 9.64. The molecule has 0 aliphatic rings. The smallest absolute Gasteiger partial charge is 0.137 e. The number of benzene rings is 4. The van der Waals surface area contributed by atoms with Crippen LogP contribution in [0.15, 0.2) is 110 Å². The van der Waals surface area contributed by atoms with E-state index < -0.39 is 0 Å². The topological polar surface area (TPSA) is 44.9 Å². The zero-order valence-electron chi connectivity index (χ0n) is 29.9. The van der Waals surface area contributed by atoms with Crippen LogP contribution in [0.1, 0.15) is 101 Å². The third kappa shape index (κ3) is 6.14. The Labute approximate surface area is 290 Å². The molecule has 0 aliphatic carbocycles. The number of pyridine rings is 1. The molecule has 3 heterocycles. The van der Waals surface area contributed by atoms with Crippen molar-refractivity contribution < 1.29 is 4.74 Å². The largest absolute Gasteiger partial charge is 0.457 e. The summed E-state index contributed by atoms with van der Waals surface area (Å²) in [5, 5.41) is 7.26. The molecule has 49 heavy (non-hydrogen) atoms. The lowest BCUT2D eigenvalue weighted by Crippen LogP contribution is -2.00. The van der Waals surface area contributed by atoms with Crippen LogP contribution in [0, 0.1) is 0 Å². The number of aromatic nitrogens is 4. The molecule has 5 nitrogen and oxygen atoms in total. The fourth-order valence-electron chi connectivity index (χ4n) is 6.92. The fraction of sp³-hybridized carbons (Fsp3) is 0.273. The van der Waals surface area contributed by atoms with Crippen LogP contribution in [-0.2, 0) is 0 Å². The SMILES string of the molecule is CC(C)c1cc(Oc2ccc3c4ccccc4n(-c4cc(C(C)C)ccn4)c3c2)cc(-n2cc(-c3c(C(C)C)cccc3C(C)C)cn2)c1. The van der Waals surface area contributed by atoms with Gasteiger partial charge in [0.15, 0.2) is 0 Å². The summed E-state index contributed by atoms with van der Waals surface area (Å²) in [4.78, 5) is 4.82. The van der Waals surface area contributed by atoms with E-state index >= 15 is 0 Å². The van der Waals surface area contributed by atoms with Gasteiger partial charge in [-0.25, -0.2) is 9.67 Å². The summed E-state index contributed by atoms with van der Waals surface area (Å²) in [5.74, 6) is 4.01. The first-order valence-corrected chi connectivity index (χ1v) is 17.6. The Balaban J connectivity index is 1.31. The zero-order valence-corrected chi connectivity index (χ0v) is 29.9. The molecule has 0 amide bonds. The maximum Gasteiger partial charge on any atom is 0.137 e. The van der Waals surface area contributed by atoms with Gasteiger partial charge in [0.1, 0.15) is 17.3 Å². The lowest BCUT2D eigenvalue weighted by molar-refractivity contribution is 0.481. The van der Waals surface area contributed by atoms with E-state index in [0.717, 1.165) is 39.6 Å². The van der Waals surface area contributed by atoms with Gasteiger partial charge in [0.05, 0.1) is 22.9 Å². The first-order chi connectivity index (χ1) is 23.6. The van der Waals surface area contributed by atoms with Crippen molar-refractivity contribution in [2.45, 2.75) is 79.1 Å². The third-order valence-corrected chi connectivity index (χ3v) is 9.64. The van der Waals surface area contributed by atoms with Crippen LogP contribution in [0.25, 0.3) is 44.4 Å². The minimum atomic E-state index is 0.316. The standard InChI is InChI=1S/C44H46N4O/c1-27(2)31-18-19-45-43(22-31)48-41-15-10-9-12-39(41)40-17-16-35(24-42(40)48)49-36-21-32(28(3)4)20-34(23-36)47-26-33(25-46-47)44-37(29(5)6)13-11-14-38(44)30(7)8/h9-30H,1-8H3. The normalized spacial score (nSPS) is 12.0. The maximum absolute atomic E-state index is 6.71. The van der Waals surface area contributed by atoms with Crippen molar-refractivity contribution >= 4 is 21.8 Å². The van der Waals surface area contributed by atoms with E-state index in [4.69, 9.17) is 14.8 Å². The monoisotopic (exact) mass is 646 g/mol. The Morgan fingerprint density at radius 3 is 2.02 bits per heavy atom. The quantitative estimate of drug-likeness (QED) is 0.157. The highest BCUT2D eigenvalue weighted by atomic mass is 16.5. The van der Waals surface area contributed by atoms with Gasteiger partial charge in [-0.3, -0.25) is 4.57 Å². The summed E-state index contributed by atoms with van der Waals surface area (Å²) in [6, 6.07) is 32.4. The molecule has 0 bridgehead atoms. The van der Waals surface area contributed by atoms with Crippen molar-refractivity contribution in [3.05, 3.63) is 132 Å². The highest BCUT2D eigenvalue weighted by Gasteiger charge is 2.19. The molecule has 0 fully saturated rings. The molecule has 0 atom stereocenters. The second-order valence-electron chi connectivity index (χ2n) is 14.4. The van der Waals surface area contributed by atoms with Gasteiger partial charge in [-0.2, -0.15) is 5.10 Å². The van der Waals surface area contributed by atoms with Gasteiger partial charge in [0.25, 0.3) is 0 Å². The van der Waals surface area contributed by atoms with E-state index in [0.29, 0.717) is 23.7 Å². The molecule has 0 unspecified atom stereocenters. The van der Waals surface area contributed by atoms with Gasteiger partial charge < -0.3 is 4.74 Å². The van der Waals surface area contributed by atoms with Crippen molar-refractivity contribution in [1.82, 2.24) is 19.3 Å². The highest BCUT2D eigenvalue weighted by molar-refractivity contribution is 6.09. The first-order valence-electron chi connectivity index (χ1n) is 17.6. The molecule has 7 aromatic rings. The predicted octanol–water partition coefficient (Wildman–Crippen LogP) is 12.3. The number of ether oxygens (including phenoxy) is 1.